The van der Waals surface area contributed by atoms with Gasteiger partial charge in [-0.1, -0.05) is 37.3 Å². The number of hydrogen-bond acceptors (Lipinski definition) is 2. The van der Waals surface area contributed by atoms with E-state index in [1.807, 2.05) is 0 Å². The first-order valence-corrected chi connectivity index (χ1v) is 10.0. The lowest BCUT2D eigenvalue weighted by atomic mass is 10.0. The molecule has 3 heteroatoms. The smallest absolute Gasteiger partial charge is 0.149 e. The molecule has 0 amide bonds. The average Bonchev–Trinajstić information content (AvgIpc) is 2.64. The Kier molecular flexibility index (Phi) is 3.28. The summed E-state index contributed by atoms with van der Waals surface area (Å²) >= 11 is 0. The van der Waals surface area contributed by atoms with Gasteiger partial charge in [0.05, 0.1) is 6.67 Å². The van der Waals surface area contributed by atoms with E-state index in [4.69, 9.17) is 0 Å². The van der Waals surface area contributed by atoms with Gasteiger partial charge in [0.25, 0.3) is 0 Å². The highest BCUT2D eigenvalue weighted by atomic mass is 28.3. The number of hydrogen-bond donors (Lipinski definition) is 0. The predicted octanol–water partition coefficient (Wildman–Crippen LogP) is 4.00. The zero-order valence-electron chi connectivity index (χ0n) is 12.4. The minimum absolute atomic E-state index is 1.00. The number of rotatable bonds is 2. The molecule has 1 heterocycles. The summed E-state index contributed by atoms with van der Waals surface area (Å²) in [5.41, 5.74) is 5.46. The van der Waals surface area contributed by atoms with Crippen LogP contribution >= 0.6 is 0 Å². The van der Waals surface area contributed by atoms with Crippen LogP contribution in [0.2, 0.25) is 19.6 Å². The molecule has 0 spiro atoms. The van der Waals surface area contributed by atoms with Crippen molar-refractivity contribution in [3.63, 3.8) is 0 Å². The van der Waals surface area contributed by atoms with Gasteiger partial charge in [0.1, 0.15) is 8.24 Å². The molecule has 0 aliphatic carbocycles. The predicted molar refractivity (Wildman–Crippen MR) is 82.3 cm³/mol. The van der Waals surface area contributed by atoms with Crippen LogP contribution in [0.25, 0.3) is 0 Å². The minimum Gasteiger partial charge on any atom is -0.386 e. The molecule has 0 unspecified atom stereocenters. The van der Waals surface area contributed by atoms with Gasteiger partial charge in [-0.2, -0.15) is 0 Å². The van der Waals surface area contributed by atoms with Crippen molar-refractivity contribution in [1.29, 1.82) is 0 Å². The quantitative estimate of drug-likeness (QED) is 0.742. The number of anilines is 1. The van der Waals surface area contributed by atoms with E-state index in [2.05, 4.69) is 74.4 Å². The van der Waals surface area contributed by atoms with Gasteiger partial charge in [-0.25, -0.2) is 0 Å². The highest BCUT2D eigenvalue weighted by Crippen LogP contribution is 2.30. The fraction of sp³-hybridized carbons (Fsp3) is 0.467. The molecule has 0 bridgehead atoms. The molecule has 0 saturated carbocycles. The highest BCUT2D eigenvalue weighted by Gasteiger charge is 2.27. The maximum absolute atomic E-state index is 2.51. The van der Waals surface area contributed by atoms with Gasteiger partial charge in [0.2, 0.25) is 0 Å². The third-order valence-electron chi connectivity index (χ3n) is 3.52. The Labute approximate surface area is 112 Å². The summed E-state index contributed by atoms with van der Waals surface area (Å²) in [6.07, 6.45) is 4.48. The SMILES string of the molecule is Cc1cc(C)c(N2C=CN([Si](C)(C)C)C2)c(C)c1. The summed E-state index contributed by atoms with van der Waals surface area (Å²) in [5.74, 6) is 0. The summed E-state index contributed by atoms with van der Waals surface area (Å²) in [6, 6.07) is 4.54. The molecule has 2 nitrogen and oxygen atoms in total. The third-order valence-corrected chi connectivity index (χ3v) is 5.53. The van der Waals surface area contributed by atoms with Crippen molar-refractivity contribution in [2.75, 3.05) is 11.6 Å². The van der Waals surface area contributed by atoms with Gasteiger partial charge in [-0.3, -0.25) is 0 Å². The van der Waals surface area contributed by atoms with Crippen molar-refractivity contribution in [3.05, 3.63) is 41.2 Å². The van der Waals surface area contributed by atoms with Gasteiger partial charge in [0, 0.05) is 18.1 Å². The molecular weight excluding hydrogens is 236 g/mol. The first-order valence-electron chi connectivity index (χ1n) is 6.58. The van der Waals surface area contributed by atoms with E-state index in [1.165, 1.54) is 22.4 Å². The highest BCUT2D eigenvalue weighted by molar-refractivity contribution is 6.73. The molecule has 1 aromatic rings. The molecule has 1 aliphatic heterocycles. The fourth-order valence-corrected chi connectivity index (χ4v) is 3.72. The second kappa shape index (κ2) is 4.46. The molecule has 0 fully saturated rings. The molecule has 0 radical (unpaired) electrons. The lowest BCUT2D eigenvalue weighted by molar-refractivity contribution is 0.603. The number of benzene rings is 1. The minimum atomic E-state index is -1.24. The van der Waals surface area contributed by atoms with Crippen molar-refractivity contribution < 1.29 is 0 Å². The third kappa shape index (κ3) is 2.46. The molecule has 18 heavy (non-hydrogen) atoms. The van der Waals surface area contributed by atoms with E-state index in [0.29, 0.717) is 0 Å². The molecule has 98 valence electrons. The molecule has 0 aromatic heterocycles. The van der Waals surface area contributed by atoms with Crippen LogP contribution in [0.3, 0.4) is 0 Å². The van der Waals surface area contributed by atoms with Crippen molar-refractivity contribution >= 4 is 13.9 Å². The van der Waals surface area contributed by atoms with Gasteiger partial charge < -0.3 is 9.47 Å². The molecule has 2 rings (SSSR count). The first kappa shape index (κ1) is 13.2. The normalized spacial score (nSPS) is 15.7. The van der Waals surface area contributed by atoms with Crippen LogP contribution in [-0.2, 0) is 0 Å². The first-order chi connectivity index (χ1) is 8.29. The second-order valence-electron chi connectivity index (χ2n) is 6.30. The van der Waals surface area contributed by atoms with Crippen LogP contribution in [0, 0.1) is 20.8 Å². The second-order valence-corrected chi connectivity index (χ2v) is 11.2. The zero-order chi connectivity index (χ0) is 13.5. The van der Waals surface area contributed by atoms with Crippen molar-refractivity contribution in [2.45, 2.75) is 40.4 Å². The number of aryl methyl sites for hydroxylation is 3. The van der Waals surface area contributed by atoms with Crippen molar-refractivity contribution in [1.82, 2.24) is 4.57 Å². The van der Waals surface area contributed by atoms with Crippen molar-refractivity contribution in [3.8, 4) is 0 Å². The summed E-state index contributed by atoms with van der Waals surface area (Å²) in [6.45, 7) is 14.7. The van der Waals surface area contributed by atoms with E-state index in [9.17, 15) is 0 Å². The van der Waals surface area contributed by atoms with Gasteiger partial charge >= 0.3 is 0 Å². The van der Waals surface area contributed by atoms with Gasteiger partial charge in [-0.15, -0.1) is 0 Å². The monoisotopic (exact) mass is 260 g/mol. The Morgan fingerprint density at radius 2 is 1.50 bits per heavy atom. The average molecular weight is 260 g/mol. The largest absolute Gasteiger partial charge is 0.386 e. The molecule has 0 atom stereocenters. The van der Waals surface area contributed by atoms with E-state index in [-0.39, 0.29) is 0 Å². The maximum atomic E-state index is 2.51. The molecular formula is C15H24N2Si. The lowest BCUT2D eigenvalue weighted by Gasteiger charge is -2.32. The Bertz CT molecular complexity index is 463. The summed E-state index contributed by atoms with van der Waals surface area (Å²) in [4.78, 5) is 2.38. The summed E-state index contributed by atoms with van der Waals surface area (Å²) in [7, 11) is -1.24. The van der Waals surface area contributed by atoms with E-state index < -0.39 is 8.24 Å². The molecule has 0 N–H and O–H groups in total. The summed E-state index contributed by atoms with van der Waals surface area (Å²) < 4.78 is 2.51. The van der Waals surface area contributed by atoms with Crippen LogP contribution < -0.4 is 4.90 Å². The topological polar surface area (TPSA) is 6.48 Å². The van der Waals surface area contributed by atoms with E-state index >= 15 is 0 Å². The summed E-state index contributed by atoms with van der Waals surface area (Å²) in [5, 5.41) is 0. The Morgan fingerprint density at radius 1 is 0.944 bits per heavy atom. The standard InChI is InChI=1S/C15H24N2Si/c1-12-9-13(2)15(14(3)10-12)16-7-8-17(11-16)18(4,5)6/h7-10H,11H2,1-6H3. The van der Waals surface area contributed by atoms with Crippen LogP contribution in [0.4, 0.5) is 5.69 Å². The Morgan fingerprint density at radius 3 is 1.94 bits per heavy atom. The fourth-order valence-electron chi connectivity index (χ4n) is 2.63. The van der Waals surface area contributed by atoms with Crippen LogP contribution in [0.1, 0.15) is 16.7 Å². The van der Waals surface area contributed by atoms with Crippen LogP contribution in [-0.4, -0.2) is 19.5 Å². The van der Waals surface area contributed by atoms with Gasteiger partial charge in [0.15, 0.2) is 0 Å². The van der Waals surface area contributed by atoms with Crippen molar-refractivity contribution in [2.24, 2.45) is 0 Å². The van der Waals surface area contributed by atoms with E-state index in [0.717, 1.165) is 6.67 Å². The maximum Gasteiger partial charge on any atom is 0.149 e. The zero-order valence-corrected chi connectivity index (χ0v) is 13.4. The molecule has 0 saturated heterocycles. The van der Waals surface area contributed by atoms with Crippen LogP contribution in [0.15, 0.2) is 24.5 Å². The molecule has 1 aromatic carbocycles. The molecule has 1 aliphatic rings. The number of nitrogens with zero attached hydrogens (tertiary/aromatic N) is 2. The van der Waals surface area contributed by atoms with Gasteiger partial charge in [-0.05, 0) is 31.9 Å². The Balaban J connectivity index is 2.29. The lowest BCUT2D eigenvalue weighted by Crippen LogP contribution is -2.43. The Hall–Kier alpha value is -1.22. The van der Waals surface area contributed by atoms with Crippen LogP contribution in [0.5, 0.6) is 0 Å². The van der Waals surface area contributed by atoms with E-state index in [1.54, 1.807) is 0 Å².